The Balaban J connectivity index is 1.12. The minimum absolute atomic E-state index is 0.113. The number of benzene rings is 2. The van der Waals surface area contributed by atoms with Gasteiger partial charge in [-0.05, 0) is 24.1 Å². The van der Waals surface area contributed by atoms with Gasteiger partial charge in [-0.25, -0.2) is 22.7 Å². The summed E-state index contributed by atoms with van der Waals surface area (Å²) in [5.74, 6) is 0.298. The van der Waals surface area contributed by atoms with Crippen LogP contribution in [-0.4, -0.2) is 72.8 Å². The third-order valence-corrected chi connectivity index (χ3v) is 7.99. The summed E-state index contributed by atoms with van der Waals surface area (Å²) in [5.41, 5.74) is 2.35. The fourth-order valence-corrected chi connectivity index (χ4v) is 5.93. The van der Waals surface area contributed by atoms with Crippen LogP contribution in [-0.2, 0) is 10.0 Å². The molecule has 2 aliphatic heterocycles. The molecule has 0 unspecified atom stereocenters. The number of fused-ring (bicyclic) bond motifs is 1. The summed E-state index contributed by atoms with van der Waals surface area (Å²) >= 11 is 0. The van der Waals surface area contributed by atoms with E-state index in [2.05, 4.69) is 19.8 Å². The Bertz CT molecular complexity index is 1240. The van der Waals surface area contributed by atoms with Crippen LogP contribution in [0, 0.1) is 0 Å². The van der Waals surface area contributed by atoms with Gasteiger partial charge < -0.3 is 4.90 Å². The zero-order valence-corrected chi connectivity index (χ0v) is 19.0. The second kappa shape index (κ2) is 8.92. The summed E-state index contributed by atoms with van der Waals surface area (Å²) in [5, 5.41) is 0. The monoisotopic (exact) mass is 463 g/mol. The van der Waals surface area contributed by atoms with Crippen molar-refractivity contribution < 1.29 is 13.2 Å². The van der Waals surface area contributed by atoms with E-state index in [0.29, 0.717) is 6.42 Å². The number of hydrogen-bond donors (Lipinski definition) is 0. The quantitative estimate of drug-likeness (QED) is 0.555. The molecular formula is C24H25N5O3S. The maximum Gasteiger partial charge on any atom is 0.269 e. The number of hydrogen-bond acceptors (Lipinski definition) is 7. The van der Waals surface area contributed by atoms with Crippen molar-refractivity contribution >= 4 is 21.9 Å². The van der Waals surface area contributed by atoms with E-state index in [-0.39, 0.29) is 17.0 Å². The number of anilines is 1. The van der Waals surface area contributed by atoms with Crippen molar-refractivity contribution in [3.63, 3.8) is 0 Å². The average Bonchev–Trinajstić information content (AvgIpc) is 3.06. The van der Waals surface area contributed by atoms with Gasteiger partial charge in [0, 0.05) is 57.2 Å². The molecule has 0 atom stereocenters. The molecule has 9 heteroatoms. The van der Waals surface area contributed by atoms with E-state index in [0.717, 1.165) is 54.1 Å². The number of sulfonamides is 1. The topological polar surface area (TPSA) is 86.7 Å². The van der Waals surface area contributed by atoms with E-state index in [4.69, 9.17) is 0 Å². The van der Waals surface area contributed by atoms with Crippen molar-refractivity contribution in [1.82, 2.24) is 19.2 Å². The van der Waals surface area contributed by atoms with Crippen molar-refractivity contribution in [3.8, 4) is 11.1 Å². The molecule has 3 heterocycles. The van der Waals surface area contributed by atoms with Crippen LogP contribution < -0.4 is 4.90 Å². The molecule has 1 saturated heterocycles. The molecule has 0 radical (unpaired) electrons. The van der Waals surface area contributed by atoms with Crippen molar-refractivity contribution in [2.24, 2.45) is 0 Å². The minimum atomic E-state index is -3.73. The second-order valence-corrected chi connectivity index (χ2v) is 10.0. The van der Waals surface area contributed by atoms with Crippen LogP contribution in [0.25, 0.3) is 11.1 Å². The van der Waals surface area contributed by atoms with E-state index in [1.165, 1.54) is 6.07 Å². The van der Waals surface area contributed by atoms with Crippen molar-refractivity contribution in [1.29, 1.82) is 0 Å². The minimum Gasteiger partial charge on any atom is -0.338 e. The van der Waals surface area contributed by atoms with Gasteiger partial charge in [0.15, 0.2) is 0 Å². The second-order valence-electron chi connectivity index (χ2n) is 8.20. The van der Waals surface area contributed by atoms with Gasteiger partial charge in [0.2, 0.25) is 5.95 Å². The van der Waals surface area contributed by atoms with Gasteiger partial charge in [0.25, 0.3) is 15.9 Å². The highest BCUT2D eigenvalue weighted by molar-refractivity contribution is 7.90. The molecule has 8 nitrogen and oxygen atoms in total. The molecule has 33 heavy (non-hydrogen) atoms. The van der Waals surface area contributed by atoms with Gasteiger partial charge in [-0.1, -0.05) is 42.5 Å². The molecule has 2 aliphatic rings. The molecular weight excluding hydrogens is 438 g/mol. The zero-order chi connectivity index (χ0) is 22.8. The summed E-state index contributed by atoms with van der Waals surface area (Å²) in [4.78, 5) is 26.2. The Hall–Kier alpha value is -3.30. The predicted octanol–water partition coefficient (Wildman–Crippen LogP) is 2.50. The van der Waals surface area contributed by atoms with Crippen molar-refractivity contribution in [2.75, 3.05) is 44.2 Å². The summed E-state index contributed by atoms with van der Waals surface area (Å²) < 4.78 is 26.3. The third-order valence-electron chi connectivity index (χ3n) is 6.15. The smallest absolute Gasteiger partial charge is 0.269 e. The molecule has 0 bridgehead atoms. The Morgan fingerprint density at radius 1 is 0.788 bits per heavy atom. The first-order valence-corrected chi connectivity index (χ1v) is 12.5. The van der Waals surface area contributed by atoms with E-state index in [1.807, 2.05) is 42.7 Å². The van der Waals surface area contributed by atoms with Crippen LogP contribution in [0.1, 0.15) is 16.8 Å². The normalized spacial score (nSPS) is 17.9. The largest absolute Gasteiger partial charge is 0.338 e. The van der Waals surface area contributed by atoms with Crippen LogP contribution in [0.4, 0.5) is 5.95 Å². The first-order chi connectivity index (χ1) is 16.0. The van der Waals surface area contributed by atoms with Gasteiger partial charge >= 0.3 is 0 Å². The van der Waals surface area contributed by atoms with Crippen LogP contribution in [0.3, 0.4) is 0 Å². The zero-order valence-electron chi connectivity index (χ0n) is 18.2. The molecule has 0 spiro atoms. The van der Waals surface area contributed by atoms with Crippen LogP contribution in [0.2, 0.25) is 0 Å². The molecule has 170 valence electrons. The molecule has 1 aromatic heterocycles. The first-order valence-electron chi connectivity index (χ1n) is 11.0. The Morgan fingerprint density at radius 3 is 2.15 bits per heavy atom. The molecule has 1 fully saturated rings. The van der Waals surface area contributed by atoms with Gasteiger partial charge in [-0.3, -0.25) is 9.69 Å². The number of carbonyl (C=O) groups excluding carboxylic acids is 1. The fourth-order valence-electron chi connectivity index (χ4n) is 4.33. The van der Waals surface area contributed by atoms with E-state index < -0.39 is 15.9 Å². The predicted molar refractivity (Wildman–Crippen MR) is 125 cm³/mol. The van der Waals surface area contributed by atoms with E-state index in [9.17, 15) is 13.2 Å². The molecule has 0 aliphatic carbocycles. The Labute approximate surface area is 193 Å². The molecule has 5 rings (SSSR count). The number of nitrogens with zero attached hydrogens (tertiary/aromatic N) is 5. The molecule has 3 aromatic rings. The number of amides is 1. The number of piperazine rings is 1. The lowest BCUT2D eigenvalue weighted by molar-refractivity contribution is 0.0866. The van der Waals surface area contributed by atoms with Gasteiger partial charge in [-0.2, -0.15) is 0 Å². The van der Waals surface area contributed by atoms with Crippen LogP contribution in [0.15, 0.2) is 71.9 Å². The Kier molecular flexibility index (Phi) is 5.82. The van der Waals surface area contributed by atoms with Gasteiger partial charge in [0.1, 0.15) is 4.90 Å². The molecule has 2 aromatic carbocycles. The summed E-state index contributed by atoms with van der Waals surface area (Å²) in [6.45, 7) is 4.21. The van der Waals surface area contributed by atoms with Gasteiger partial charge in [-0.15, -0.1) is 0 Å². The highest BCUT2D eigenvalue weighted by atomic mass is 32.2. The van der Waals surface area contributed by atoms with Crippen molar-refractivity contribution in [3.05, 3.63) is 72.6 Å². The maximum absolute atomic E-state index is 12.7. The lowest BCUT2D eigenvalue weighted by Crippen LogP contribution is -2.47. The standard InChI is InChI=1S/C24H25N5O3S/c30-23-21-9-4-5-10-22(21)33(31,32)29(23)12-6-11-27-13-15-28(16-14-27)24-25-17-20(18-26-24)19-7-2-1-3-8-19/h1-5,7-10,17-18H,6,11-16H2. The molecule has 0 saturated carbocycles. The fraction of sp³-hybridized carbons (Fsp3) is 0.292. The number of aromatic nitrogens is 2. The maximum atomic E-state index is 12.7. The highest BCUT2D eigenvalue weighted by Gasteiger charge is 2.40. The Morgan fingerprint density at radius 2 is 1.45 bits per heavy atom. The van der Waals surface area contributed by atoms with Gasteiger partial charge in [0.05, 0.1) is 5.56 Å². The lowest BCUT2D eigenvalue weighted by Gasteiger charge is -2.34. The molecule has 0 N–H and O–H groups in total. The molecule has 1 amide bonds. The lowest BCUT2D eigenvalue weighted by atomic mass is 10.1. The first kappa shape index (κ1) is 21.5. The van der Waals surface area contributed by atoms with E-state index >= 15 is 0 Å². The van der Waals surface area contributed by atoms with Crippen molar-refractivity contribution in [2.45, 2.75) is 11.3 Å². The third kappa shape index (κ3) is 4.21. The van der Waals surface area contributed by atoms with E-state index in [1.54, 1.807) is 18.2 Å². The number of carbonyl (C=O) groups is 1. The highest BCUT2D eigenvalue weighted by Crippen LogP contribution is 2.30. The number of rotatable bonds is 6. The van der Waals surface area contributed by atoms with Crippen LogP contribution in [0.5, 0.6) is 0 Å². The summed E-state index contributed by atoms with van der Waals surface area (Å²) in [6.07, 6.45) is 4.31. The SMILES string of the molecule is O=C1c2ccccc2S(=O)(=O)N1CCCN1CCN(c2ncc(-c3ccccc3)cn2)CC1. The summed E-state index contributed by atoms with van der Waals surface area (Å²) in [7, 11) is -3.73. The summed E-state index contributed by atoms with van der Waals surface area (Å²) in [6, 6.07) is 16.5. The van der Waals surface area contributed by atoms with Crippen LogP contribution >= 0.6 is 0 Å². The average molecular weight is 464 g/mol.